The average Bonchev–Trinajstić information content (AvgIpc) is 2.48. The fourth-order valence-corrected chi connectivity index (χ4v) is 3.29. The van der Waals surface area contributed by atoms with Crippen LogP contribution in [0.15, 0.2) is 0 Å². The van der Waals surface area contributed by atoms with Crippen molar-refractivity contribution < 1.29 is 14.3 Å². The molecule has 0 unspecified atom stereocenters. The van der Waals surface area contributed by atoms with Gasteiger partial charge in [0.05, 0.1) is 13.7 Å². The molecule has 5 heteroatoms. The third kappa shape index (κ3) is 4.20. The van der Waals surface area contributed by atoms with Crippen LogP contribution in [0, 0.1) is 0 Å². The van der Waals surface area contributed by atoms with Crippen molar-refractivity contribution in [3.05, 3.63) is 0 Å². The molecule has 1 saturated carbocycles. The van der Waals surface area contributed by atoms with E-state index in [2.05, 4.69) is 5.32 Å². The first kappa shape index (κ1) is 15.3. The van der Waals surface area contributed by atoms with Crippen LogP contribution in [0.2, 0.25) is 0 Å². The average molecular weight is 282 g/mol. The smallest absolute Gasteiger partial charge is 0.323 e. The summed E-state index contributed by atoms with van der Waals surface area (Å²) >= 11 is 0. The molecule has 2 fully saturated rings. The fraction of sp³-hybridized carbons (Fsp3) is 0.867. The lowest BCUT2D eigenvalue weighted by Gasteiger charge is -2.33. The minimum Gasteiger partial charge on any atom is -0.468 e. The van der Waals surface area contributed by atoms with Gasteiger partial charge in [-0.05, 0) is 32.2 Å². The molecule has 1 amide bonds. The van der Waals surface area contributed by atoms with E-state index >= 15 is 0 Å². The molecule has 0 aromatic carbocycles. The molecule has 1 aliphatic heterocycles. The van der Waals surface area contributed by atoms with Gasteiger partial charge in [-0.1, -0.05) is 25.7 Å². The molecule has 0 spiro atoms. The number of nitrogens with one attached hydrogen (secondary N) is 1. The molecule has 2 aliphatic rings. The van der Waals surface area contributed by atoms with Crippen LogP contribution in [0.4, 0.5) is 0 Å². The number of hydrogen-bond acceptors (Lipinski definition) is 4. The number of amides is 1. The predicted octanol–water partition coefficient (Wildman–Crippen LogP) is 1.46. The first-order valence-corrected chi connectivity index (χ1v) is 7.82. The number of esters is 1. The topological polar surface area (TPSA) is 58.6 Å². The SMILES string of the molecule is COC(=O)[C@@H]1CCCCN1CC(=O)NC1CCCCC1. The number of rotatable bonds is 4. The molecule has 0 bridgehead atoms. The number of hydrogen-bond donors (Lipinski definition) is 1. The van der Waals surface area contributed by atoms with E-state index in [0.29, 0.717) is 12.6 Å². The molecule has 1 N–H and O–H groups in total. The molecule has 114 valence electrons. The molecule has 20 heavy (non-hydrogen) atoms. The number of carbonyl (C=O) groups is 2. The summed E-state index contributed by atoms with van der Waals surface area (Å²) in [4.78, 5) is 25.9. The minimum absolute atomic E-state index is 0.0488. The summed E-state index contributed by atoms with van der Waals surface area (Å²) < 4.78 is 4.84. The van der Waals surface area contributed by atoms with Crippen LogP contribution in [0.25, 0.3) is 0 Å². The monoisotopic (exact) mass is 282 g/mol. The quantitative estimate of drug-likeness (QED) is 0.793. The van der Waals surface area contributed by atoms with Gasteiger partial charge in [-0.2, -0.15) is 0 Å². The summed E-state index contributed by atoms with van der Waals surface area (Å²) in [5.74, 6) is -0.164. The van der Waals surface area contributed by atoms with Crippen LogP contribution in [-0.4, -0.2) is 49.1 Å². The molecule has 0 aromatic rings. The highest BCUT2D eigenvalue weighted by atomic mass is 16.5. The van der Waals surface area contributed by atoms with Gasteiger partial charge in [0.15, 0.2) is 0 Å². The van der Waals surface area contributed by atoms with Crippen LogP contribution in [0.5, 0.6) is 0 Å². The van der Waals surface area contributed by atoms with E-state index in [9.17, 15) is 9.59 Å². The first-order valence-electron chi connectivity index (χ1n) is 7.82. The van der Waals surface area contributed by atoms with Gasteiger partial charge in [0.25, 0.3) is 0 Å². The van der Waals surface area contributed by atoms with Crippen molar-refractivity contribution in [2.75, 3.05) is 20.2 Å². The molecule has 5 nitrogen and oxygen atoms in total. The van der Waals surface area contributed by atoms with E-state index in [-0.39, 0.29) is 17.9 Å². The van der Waals surface area contributed by atoms with Crippen molar-refractivity contribution in [1.82, 2.24) is 10.2 Å². The Kier molecular flexibility index (Phi) is 5.83. The Bertz CT molecular complexity index is 340. The maximum absolute atomic E-state index is 12.1. The molecule has 0 aromatic heterocycles. The van der Waals surface area contributed by atoms with Crippen molar-refractivity contribution in [3.63, 3.8) is 0 Å². The summed E-state index contributed by atoms with van der Waals surface area (Å²) in [7, 11) is 1.41. The lowest BCUT2D eigenvalue weighted by molar-refractivity contribution is -0.148. The van der Waals surface area contributed by atoms with E-state index < -0.39 is 0 Å². The van der Waals surface area contributed by atoms with Crippen molar-refractivity contribution in [1.29, 1.82) is 0 Å². The summed E-state index contributed by atoms with van der Waals surface area (Å²) in [6, 6.07) is 0.0865. The van der Waals surface area contributed by atoms with E-state index in [4.69, 9.17) is 4.74 Å². The van der Waals surface area contributed by atoms with E-state index in [1.807, 2.05) is 4.90 Å². The summed E-state index contributed by atoms with van der Waals surface area (Å²) in [5.41, 5.74) is 0. The molecule has 1 aliphatic carbocycles. The Hall–Kier alpha value is -1.10. The van der Waals surface area contributed by atoms with Crippen LogP contribution in [0.1, 0.15) is 51.4 Å². The first-order chi connectivity index (χ1) is 9.70. The lowest BCUT2D eigenvalue weighted by atomic mass is 9.95. The van der Waals surface area contributed by atoms with Crippen LogP contribution in [0.3, 0.4) is 0 Å². The van der Waals surface area contributed by atoms with Gasteiger partial charge in [-0.25, -0.2) is 0 Å². The number of piperidine rings is 1. The largest absolute Gasteiger partial charge is 0.468 e. The number of ether oxygens (including phenoxy) is 1. The Morgan fingerprint density at radius 1 is 1.10 bits per heavy atom. The zero-order valence-corrected chi connectivity index (χ0v) is 12.4. The number of carbonyl (C=O) groups excluding carboxylic acids is 2. The highest BCUT2D eigenvalue weighted by Gasteiger charge is 2.31. The molecule has 2 rings (SSSR count). The van der Waals surface area contributed by atoms with Gasteiger partial charge in [0.1, 0.15) is 6.04 Å². The maximum Gasteiger partial charge on any atom is 0.323 e. The van der Waals surface area contributed by atoms with Crippen molar-refractivity contribution in [2.24, 2.45) is 0 Å². The normalized spacial score (nSPS) is 25.1. The van der Waals surface area contributed by atoms with Crippen LogP contribution < -0.4 is 5.32 Å². The van der Waals surface area contributed by atoms with E-state index in [1.165, 1.54) is 26.4 Å². The van der Waals surface area contributed by atoms with Gasteiger partial charge in [0.2, 0.25) is 5.91 Å². The van der Waals surface area contributed by atoms with Gasteiger partial charge < -0.3 is 10.1 Å². The highest BCUT2D eigenvalue weighted by molar-refractivity contribution is 5.80. The second kappa shape index (κ2) is 7.62. The zero-order valence-electron chi connectivity index (χ0n) is 12.4. The second-order valence-corrected chi connectivity index (χ2v) is 5.91. The van der Waals surface area contributed by atoms with Crippen molar-refractivity contribution in [3.8, 4) is 0 Å². The zero-order chi connectivity index (χ0) is 14.4. The number of methoxy groups -OCH3 is 1. The third-order valence-corrected chi connectivity index (χ3v) is 4.40. The Morgan fingerprint density at radius 2 is 1.80 bits per heavy atom. The van der Waals surface area contributed by atoms with Gasteiger partial charge in [0, 0.05) is 6.04 Å². The van der Waals surface area contributed by atoms with Crippen LogP contribution >= 0.6 is 0 Å². The molecule has 0 radical (unpaired) electrons. The number of nitrogens with zero attached hydrogens (tertiary/aromatic N) is 1. The summed E-state index contributed by atoms with van der Waals surface area (Å²) in [5, 5.41) is 3.11. The molecule has 1 heterocycles. The lowest BCUT2D eigenvalue weighted by Crippen LogP contribution is -2.50. The minimum atomic E-state index is -0.245. The fourth-order valence-electron chi connectivity index (χ4n) is 3.29. The Balaban J connectivity index is 1.82. The van der Waals surface area contributed by atoms with Gasteiger partial charge in [-0.3, -0.25) is 14.5 Å². The Labute approximate surface area is 121 Å². The number of likely N-dealkylation sites (tertiary alicyclic amines) is 1. The second-order valence-electron chi connectivity index (χ2n) is 5.91. The molecular weight excluding hydrogens is 256 g/mol. The van der Waals surface area contributed by atoms with E-state index in [0.717, 1.165) is 38.6 Å². The third-order valence-electron chi connectivity index (χ3n) is 4.40. The predicted molar refractivity (Wildman–Crippen MR) is 76.2 cm³/mol. The standard InChI is InChI=1S/C15H26N2O3/c1-20-15(19)13-9-5-6-10-17(13)11-14(18)16-12-7-3-2-4-8-12/h12-13H,2-11H2,1H3,(H,16,18)/t13-/m0/s1. The molecule has 1 atom stereocenters. The van der Waals surface area contributed by atoms with E-state index in [1.54, 1.807) is 0 Å². The van der Waals surface area contributed by atoms with Gasteiger partial charge in [-0.15, -0.1) is 0 Å². The van der Waals surface area contributed by atoms with Crippen molar-refractivity contribution in [2.45, 2.75) is 63.5 Å². The van der Waals surface area contributed by atoms with Crippen molar-refractivity contribution >= 4 is 11.9 Å². The summed E-state index contributed by atoms with van der Waals surface area (Å²) in [6.45, 7) is 1.12. The summed E-state index contributed by atoms with van der Waals surface area (Å²) in [6.07, 6.45) is 8.74. The molecular formula is C15H26N2O3. The Morgan fingerprint density at radius 3 is 2.50 bits per heavy atom. The maximum atomic E-state index is 12.1. The molecule has 1 saturated heterocycles. The van der Waals surface area contributed by atoms with Gasteiger partial charge >= 0.3 is 5.97 Å². The highest BCUT2D eigenvalue weighted by Crippen LogP contribution is 2.19. The van der Waals surface area contributed by atoms with Crippen LogP contribution in [-0.2, 0) is 14.3 Å².